The monoisotopic (exact) mass is 354 g/mol. The predicted octanol–water partition coefficient (Wildman–Crippen LogP) is 3.45. The lowest BCUT2D eigenvalue weighted by Gasteiger charge is -2.08. The third-order valence-electron chi connectivity index (χ3n) is 3.21. The Labute approximate surface area is 149 Å². The fourth-order valence-corrected chi connectivity index (χ4v) is 2.29. The van der Waals surface area contributed by atoms with E-state index in [0.29, 0.717) is 28.2 Å². The average molecular weight is 355 g/mol. The summed E-state index contributed by atoms with van der Waals surface area (Å²) in [5.74, 6) is 0.924. The zero-order valence-corrected chi connectivity index (χ0v) is 14.2. The lowest BCUT2D eigenvalue weighted by molar-refractivity contribution is 0.136. The summed E-state index contributed by atoms with van der Waals surface area (Å²) in [5.41, 5.74) is 5.39. The fourth-order valence-electron chi connectivity index (χ4n) is 2.10. The van der Waals surface area contributed by atoms with Crippen molar-refractivity contribution in [3.63, 3.8) is 0 Å². The van der Waals surface area contributed by atoms with Crippen LogP contribution in [-0.4, -0.2) is 27.0 Å². The van der Waals surface area contributed by atoms with Crippen LogP contribution in [0.15, 0.2) is 55.5 Å². The van der Waals surface area contributed by atoms with E-state index in [4.69, 9.17) is 16.4 Å². The van der Waals surface area contributed by atoms with Crippen LogP contribution in [0.3, 0.4) is 0 Å². The Balaban J connectivity index is 1.86. The number of rotatable bonds is 6. The summed E-state index contributed by atoms with van der Waals surface area (Å²) in [5, 5.41) is 3.73. The number of nitrogens with one attached hydrogen (secondary N) is 2. The number of hydroxylamine groups is 1. The molecule has 0 spiro atoms. The van der Waals surface area contributed by atoms with E-state index in [0.717, 1.165) is 11.3 Å². The van der Waals surface area contributed by atoms with Crippen molar-refractivity contribution in [3.8, 4) is 11.4 Å². The van der Waals surface area contributed by atoms with Gasteiger partial charge in [0.1, 0.15) is 6.33 Å². The molecule has 0 saturated carbocycles. The van der Waals surface area contributed by atoms with Crippen LogP contribution in [0, 0.1) is 0 Å². The highest BCUT2D eigenvalue weighted by molar-refractivity contribution is 6.30. The SMILES string of the molecule is C=C(NOC)c1cc(-c2ncnc(Nc3cccc(Cl)c3)n2)ccn1. The Kier molecular flexibility index (Phi) is 5.17. The first-order chi connectivity index (χ1) is 12.2. The number of nitrogens with zero attached hydrogens (tertiary/aromatic N) is 4. The maximum atomic E-state index is 5.99. The summed E-state index contributed by atoms with van der Waals surface area (Å²) < 4.78 is 0. The first-order valence-electron chi connectivity index (χ1n) is 7.32. The van der Waals surface area contributed by atoms with Crippen LogP contribution in [0.5, 0.6) is 0 Å². The van der Waals surface area contributed by atoms with Crippen molar-refractivity contribution >= 4 is 28.9 Å². The van der Waals surface area contributed by atoms with Gasteiger partial charge in [-0.3, -0.25) is 15.3 Å². The maximum Gasteiger partial charge on any atom is 0.230 e. The largest absolute Gasteiger partial charge is 0.324 e. The van der Waals surface area contributed by atoms with Gasteiger partial charge in [-0.05, 0) is 30.3 Å². The summed E-state index contributed by atoms with van der Waals surface area (Å²) in [7, 11) is 1.51. The molecule has 25 heavy (non-hydrogen) atoms. The van der Waals surface area contributed by atoms with Crippen molar-refractivity contribution in [2.24, 2.45) is 0 Å². The van der Waals surface area contributed by atoms with Gasteiger partial charge in [-0.25, -0.2) is 9.97 Å². The zero-order chi connectivity index (χ0) is 17.6. The summed E-state index contributed by atoms with van der Waals surface area (Å²) in [6, 6.07) is 10.9. The molecule has 8 heteroatoms. The van der Waals surface area contributed by atoms with Gasteiger partial charge >= 0.3 is 0 Å². The lowest BCUT2D eigenvalue weighted by Crippen LogP contribution is -2.10. The van der Waals surface area contributed by atoms with Gasteiger partial charge in [-0.2, -0.15) is 4.98 Å². The van der Waals surface area contributed by atoms with Crippen LogP contribution in [-0.2, 0) is 4.84 Å². The first-order valence-corrected chi connectivity index (χ1v) is 7.70. The summed E-state index contributed by atoms with van der Waals surface area (Å²) in [4.78, 5) is 21.9. The molecule has 7 nitrogen and oxygen atoms in total. The highest BCUT2D eigenvalue weighted by Crippen LogP contribution is 2.21. The Morgan fingerprint density at radius 3 is 2.84 bits per heavy atom. The molecule has 126 valence electrons. The topological polar surface area (TPSA) is 84.9 Å². The number of benzene rings is 1. The third-order valence-corrected chi connectivity index (χ3v) is 3.44. The Hall–Kier alpha value is -3.03. The molecule has 0 atom stereocenters. The Bertz CT molecular complexity index is 902. The molecule has 0 aliphatic rings. The van der Waals surface area contributed by atoms with Gasteiger partial charge in [0.15, 0.2) is 5.82 Å². The van der Waals surface area contributed by atoms with E-state index in [1.54, 1.807) is 18.3 Å². The van der Waals surface area contributed by atoms with Crippen LogP contribution in [0.2, 0.25) is 5.02 Å². The number of halogens is 1. The molecule has 0 unspecified atom stereocenters. The molecule has 2 aromatic heterocycles. The summed E-state index contributed by atoms with van der Waals surface area (Å²) >= 11 is 5.99. The molecule has 0 amide bonds. The van der Waals surface area contributed by atoms with Crippen LogP contribution in [0.25, 0.3) is 17.1 Å². The van der Waals surface area contributed by atoms with Gasteiger partial charge in [0, 0.05) is 22.5 Å². The molecule has 0 saturated heterocycles. The summed E-state index contributed by atoms with van der Waals surface area (Å²) in [6.45, 7) is 3.85. The predicted molar refractivity (Wildman–Crippen MR) is 97.0 cm³/mol. The van der Waals surface area contributed by atoms with E-state index >= 15 is 0 Å². The van der Waals surface area contributed by atoms with Crippen LogP contribution >= 0.6 is 11.6 Å². The van der Waals surface area contributed by atoms with Crippen molar-refractivity contribution < 1.29 is 4.84 Å². The molecule has 2 N–H and O–H groups in total. The van der Waals surface area contributed by atoms with Crippen molar-refractivity contribution in [1.82, 2.24) is 25.4 Å². The average Bonchev–Trinajstić information content (AvgIpc) is 2.62. The fraction of sp³-hybridized carbons (Fsp3) is 0.0588. The van der Waals surface area contributed by atoms with E-state index in [-0.39, 0.29) is 0 Å². The quantitative estimate of drug-likeness (QED) is 0.656. The van der Waals surface area contributed by atoms with Gasteiger partial charge in [0.2, 0.25) is 5.95 Å². The third kappa shape index (κ3) is 4.28. The minimum atomic E-state index is 0.416. The molecule has 3 rings (SSSR count). The molecule has 1 aromatic carbocycles. The smallest absolute Gasteiger partial charge is 0.230 e. The molecule has 0 bridgehead atoms. The number of hydrogen-bond acceptors (Lipinski definition) is 7. The Morgan fingerprint density at radius 1 is 1.16 bits per heavy atom. The molecule has 0 aliphatic heterocycles. The second kappa shape index (κ2) is 7.69. The van der Waals surface area contributed by atoms with E-state index in [1.165, 1.54) is 13.4 Å². The van der Waals surface area contributed by atoms with Crippen molar-refractivity contribution in [3.05, 3.63) is 66.2 Å². The van der Waals surface area contributed by atoms with Gasteiger partial charge < -0.3 is 5.32 Å². The second-order valence-electron chi connectivity index (χ2n) is 4.98. The number of anilines is 2. The van der Waals surface area contributed by atoms with Crippen molar-refractivity contribution in [2.75, 3.05) is 12.4 Å². The Morgan fingerprint density at radius 2 is 2.04 bits per heavy atom. The zero-order valence-electron chi connectivity index (χ0n) is 13.4. The molecule has 0 fully saturated rings. The van der Waals surface area contributed by atoms with Gasteiger partial charge in [-0.15, -0.1) is 0 Å². The van der Waals surface area contributed by atoms with Crippen LogP contribution < -0.4 is 10.8 Å². The molecular formula is C17H15ClN6O. The van der Waals surface area contributed by atoms with Crippen LogP contribution in [0.4, 0.5) is 11.6 Å². The number of aromatic nitrogens is 4. The minimum Gasteiger partial charge on any atom is -0.324 e. The standard InChI is InChI=1S/C17H15ClN6O/c1-11(24-25-2)15-8-12(6-7-19-15)16-20-10-21-17(23-16)22-14-5-3-4-13(18)9-14/h3-10,24H,1H2,2H3,(H,20,21,22,23). The molecule has 2 heterocycles. The molecule has 0 aliphatic carbocycles. The van der Waals surface area contributed by atoms with Crippen molar-refractivity contribution in [1.29, 1.82) is 0 Å². The second-order valence-corrected chi connectivity index (χ2v) is 5.42. The number of pyridine rings is 1. The lowest BCUT2D eigenvalue weighted by atomic mass is 10.2. The van der Waals surface area contributed by atoms with E-state index in [2.05, 4.69) is 37.3 Å². The molecule has 3 aromatic rings. The van der Waals surface area contributed by atoms with Gasteiger partial charge in [0.25, 0.3) is 0 Å². The van der Waals surface area contributed by atoms with E-state index in [9.17, 15) is 0 Å². The van der Waals surface area contributed by atoms with Gasteiger partial charge in [0.05, 0.1) is 18.5 Å². The first kappa shape index (κ1) is 16.8. The van der Waals surface area contributed by atoms with Crippen molar-refractivity contribution in [2.45, 2.75) is 0 Å². The molecular weight excluding hydrogens is 340 g/mol. The highest BCUT2D eigenvalue weighted by atomic mass is 35.5. The highest BCUT2D eigenvalue weighted by Gasteiger charge is 2.08. The molecule has 0 radical (unpaired) electrons. The van der Waals surface area contributed by atoms with Gasteiger partial charge in [-0.1, -0.05) is 24.2 Å². The van der Waals surface area contributed by atoms with E-state index < -0.39 is 0 Å². The van der Waals surface area contributed by atoms with E-state index in [1.807, 2.05) is 24.3 Å². The summed E-state index contributed by atoms with van der Waals surface area (Å²) in [6.07, 6.45) is 3.10. The number of hydrogen-bond donors (Lipinski definition) is 2. The normalized spacial score (nSPS) is 10.3. The minimum absolute atomic E-state index is 0.416. The van der Waals surface area contributed by atoms with Crippen LogP contribution in [0.1, 0.15) is 5.69 Å². The maximum absolute atomic E-state index is 5.99.